The molecule has 0 aliphatic heterocycles. The molecule has 1 aromatic carbocycles. The van der Waals surface area contributed by atoms with Gasteiger partial charge in [-0.05, 0) is 49.1 Å². The monoisotopic (exact) mass is 229 g/mol. The molecular formula is C15H19NO. The first-order valence-electron chi connectivity index (χ1n) is 6.61. The van der Waals surface area contributed by atoms with Crippen LogP contribution in [0.4, 0.5) is 5.69 Å². The average Bonchev–Trinajstić information content (AvgIpc) is 2.91. The van der Waals surface area contributed by atoms with Crippen LogP contribution >= 0.6 is 0 Å². The van der Waals surface area contributed by atoms with E-state index in [0.717, 1.165) is 17.4 Å². The lowest BCUT2D eigenvalue weighted by Gasteiger charge is -2.20. The second-order valence-corrected chi connectivity index (χ2v) is 5.65. The van der Waals surface area contributed by atoms with Gasteiger partial charge in [0.2, 0.25) is 0 Å². The van der Waals surface area contributed by atoms with Crippen molar-refractivity contribution in [3.8, 4) is 0 Å². The summed E-state index contributed by atoms with van der Waals surface area (Å²) in [5, 5.41) is 0. The SMILES string of the molecule is Nc1ccccc1C(=O)CC1CC2CCC1C2. The Bertz CT molecular complexity index is 440. The van der Waals surface area contributed by atoms with Crippen molar-refractivity contribution in [2.45, 2.75) is 32.1 Å². The average molecular weight is 229 g/mol. The summed E-state index contributed by atoms with van der Waals surface area (Å²) in [5.74, 6) is 2.58. The number of anilines is 1. The largest absolute Gasteiger partial charge is 0.398 e. The Hall–Kier alpha value is -1.31. The third-order valence-corrected chi connectivity index (χ3v) is 4.59. The van der Waals surface area contributed by atoms with Crippen molar-refractivity contribution in [2.24, 2.45) is 17.8 Å². The van der Waals surface area contributed by atoms with Crippen molar-refractivity contribution in [3.63, 3.8) is 0 Å². The van der Waals surface area contributed by atoms with Crippen molar-refractivity contribution in [1.29, 1.82) is 0 Å². The molecule has 0 radical (unpaired) electrons. The number of nitrogen functional groups attached to an aromatic ring is 1. The lowest BCUT2D eigenvalue weighted by molar-refractivity contribution is 0.0945. The molecule has 0 spiro atoms. The maximum absolute atomic E-state index is 12.2. The minimum absolute atomic E-state index is 0.237. The quantitative estimate of drug-likeness (QED) is 0.638. The summed E-state index contributed by atoms with van der Waals surface area (Å²) in [5.41, 5.74) is 7.19. The van der Waals surface area contributed by atoms with Gasteiger partial charge in [0.1, 0.15) is 0 Å². The summed E-state index contributed by atoms with van der Waals surface area (Å²) in [6.07, 6.45) is 6.07. The fraction of sp³-hybridized carbons (Fsp3) is 0.533. The fourth-order valence-corrected chi connectivity index (χ4v) is 3.73. The third kappa shape index (κ3) is 1.97. The lowest BCUT2D eigenvalue weighted by atomic mass is 9.84. The summed E-state index contributed by atoms with van der Waals surface area (Å²) in [6, 6.07) is 7.44. The van der Waals surface area contributed by atoms with Crippen LogP contribution in [0.5, 0.6) is 0 Å². The van der Waals surface area contributed by atoms with Crippen LogP contribution < -0.4 is 5.73 Å². The summed E-state index contributed by atoms with van der Waals surface area (Å²) >= 11 is 0. The van der Waals surface area contributed by atoms with Crippen LogP contribution in [-0.2, 0) is 0 Å². The van der Waals surface area contributed by atoms with Crippen LogP contribution in [0.15, 0.2) is 24.3 Å². The van der Waals surface area contributed by atoms with Crippen molar-refractivity contribution in [1.82, 2.24) is 0 Å². The highest BCUT2D eigenvalue weighted by molar-refractivity contribution is 6.00. The molecule has 0 heterocycles. The summed E-state index contributed by atoms with van der Waals surface area (Å²) in [4.78, 5) is 12.2. The van der Waals surface area contributed by atoms with Gasteiger partial charge in [-0.1, -0.05) is 18.6 Å². The van der Waals surface area contributed by atoms with Crippen molar-refractivity contribution in [2.75, 3.05) is 5.73 Å². The molecule has 17 heavy (non-hydrogen) atoms. The Morgan fingerprint density at radius 2 is 2.06 bits per heavy atom. The molecular weight excluding hydrogens is 210 g/mol. The van der Waals surface area contributed by atoms with Gasteiger partial charge in [-0.3, -0.25) is 4.79 Å². The lowest BCUT2D eigenvalue weighted by Crippen LogP contribution is -2.16. The van der Waals surface area contributed by atoms with E-state index in [-0.39, 0.29) is 5.78 Å². The van der Waals surface area contributed by atoms with Crippen molar-refractivity contribution in [3.05, 3.63) is 29.8 Å². The highest BCUT2D eigenvalue weighted by Gasteiger charge is 2.40. The Kier molecular flexibility index (Phi) is 2.65. The van der Waals surface area contributed by atoms with Gasteiger partial charge in [0.25, 0.3) is 0 Å². The smallest absolute Gasteiger partial charge is 0.165 e. The van der Waals surface area contributed by atoms with Gasteiger partial charge in [-0.2, -0.15) is 0 Å². The highest BCUT2D eigenvalue weighted by Crippen LogP contribution is 2.49. The minimum atomic E-state index is 0.237. The predicted molar refractivity (Wildman–Crippen MR) is 68.7 cm³/mol. The Morgan fingerprint density at radius 1 is 1.24 bits per heavy atom. The zero-order chi connectivity index (χ0) is 11.8. The topological polar surface area (TPSA) is 43.1 Å². The van der Waals surface area contributed by atoms with Gasteiger partial charge in [0.15, 0.2) is 5.78 Å². The van der Waals surface area contributed by atoms with E-state index >= 15 is 0 Å². The Balaban J connectivity index is 1.70. The number of Topliss-reactive ketones (excluding diaryl/α,β-unsaturated/α-hetero) is 1. The van der Waals surface area contributed by atoms with Crippen molar-refractivity contribution >= 4 is 11.5 Å². The maximum atomic E-state index is 12.2. The maximum Gasteiger partial charge on any atom is 0.165 e. The normalized spacial score (nSPS) is 30.7. The number of nitrogens with two attached hydrogens (primary N) is 1. The van der Waals surface area contributed by atoms with E-state index in [9.17, 15) is 4.79 Å². The second-order valence-electron chi connectivity index (χ2n) is 5.65. The number of ketones is 1. The number of hydrogen-bond donors (Lipinski definition) is 1. The first-order chi connectivity index (χ1) is 8.24. The van der Waals surface area contributed by atoms with Gasteiger partial charge >= 0.3 is 0 Å². The van der Waals surface area contributed by atoms with Crippen LogP contribution in [-0.4, -0.2) is 5.78 Å². The van der Waals surface area contributed by atoms with Gasteiger partial charge in [0.05, 0.1) is 0 Å². The minimum Gasteiger partial charge on any atom is -0.398 e. The van der Waals surface area contributed by atoms with E-state index < -0.39 is 0 Å². The Labute approximate surface area is 102 Å². The number of fused-ring (bicyclic) bond motifs is 2. The number of benzene rings is 1. The first kappa shape index (κ1) is 10.8. The molecule has 2 bridgehead atoms. The van der Waals surface area contributed by atoms with Crippen LogP contribution in [0, 0.1) is 17.8 Å². The zero-order valence-electron chi connectivity index (χ0n) is 10.1. The molecule has 2 fully saturated rings. The molecule has 2 heteroatoms. The second kappa shape index (κ2) is 4.17. The Morgan fingerprint density at radius 3 is 2.71 bits per heavy atom. The van der Waals surface area contributed by atoms with E-state index in [1.165, 1.54) is 25.7 Å². The molecule has 2 saturated carbocycles. The standard InChI is InChI=1S/C15H19NO/c16-14-4-2-1-3-13(14)15(17)9-12-8-10-5-6-11(12)7-10/h1-4,10-12H,5-9,16H2. The molecule has 0 amide bonds. The highest BCUT2D eigenvalue weighted by atomic mass is 16.1. The number of carbonyl (C=O) groups is 1. The molecule has 2 nitrogen and oxygen atoms in total. The van der Waals surface area contributed by atoms with Crippen LogP contribution in [0.25, 0.3) is 0 Å². The van der Waals surface area contributed by atoms with Crippen LogP contribution in [0.2, 0.25) is 0 Å². The molecule has 3 unspecified atom stereocenters. The van der Waals surface area contributed by atoms with Gasteiger partial charge in [-0.15, -0.1) is 0 Å². The predicted octanol–water partition coefficient (Wildman–Crippen LogP) is 3.28. The van der Waals surface area contributed by atoms with Crippen molar-refractivity contribution < 1.29 is 4.79 Å². The number of rotatable bonds is 3. The molecule has 3 atom stereocenters. The first-order valence-corrected chi connectivity index (χ1v) is 6.61. The summed E-state index contributed by atoms with van der Waals surface area (Å²) < 4.78 is 0. The summed E-state index contributed by atoms with van der Waals surface area (Å²) in [6.45, 7) is 0. The van der Waals surface area contributed by atoms with Crippen LogP contribution in [0.1, 0.15) is 42.5 Å². The fourth-order valence-electron chi connectivity index (χ4n) is 3.73. The third-order valence-electron chi connectivity index (χ3n) is 4.59. The van der Waals surface area contributed by atoms with E-state index in [1.54, 1.807) is 0 Å². The molecule has 3 rings (SSSR count). The van der Waals surface area contributed by atoms with Gasteiger partial charge in [-0.25, -0.2) is 0 Å². The molecule has 90 valence electrons. The van der Waals surface area contributed by atoms with E-state index in [1.807, 2.05) is 24.3 Å². The van der Waals surface area contributed by atoms with Gasteiger partial charge < -0.3 is 5.73 Å². The molecule has 0 saturated heterocycles. The van der Waals surface area contributed by atoms with E-state index in [4.69, 9.17) is 5.73 Å². The van der Waals surface area contributed by atoms with E-state index in [2.05, 4.69) is 0 Å². The molecule has 2 N–H and O–H groups in total. The van der Waals surface area contributed by atoms with E-state index in [0.29, 0.717) is 18.0 Å². The number of para-hydroxylation sites is 1. The molecule has 0 aromatic heterocycles. The van der Waals surface area contributed by atoms with Gasteiger partial charge in [0, 0.05) is 17.7 Å². The number of hydrogen-bond acceptors (Lipinski definition) is 2. The van der Waals surface area contributed by atoms with Crippen LogP contribution in [0.3, 0.4) is 0 Å². The molecule has 2 aliphatic rings. The molecule has 1 aromatic rings. The number of carbonyl (C=O) groups excluding carboxylic acids is 1. The molecule has 2 aliphatic carbocycles. The zero-order valence-corrected chi connectivity index (χ0v) is 10.1. The summed E-state index contributed by atoms with van der Waals surface area (Å²) in [7, 11) is 0.